The smallest absolute Gasteiger partial charge is 0.340 e. The van der Waals surface area contributed by atoms with E-state index >= 15 is 0 Å². The van der Waals surface area contributed by atoms with Crippen molar-refractivity contribution >= 4 is 17.5 Å². The highest BCUT2D eigenvalue weighted by Gasteiger charge is 2.39. The molecule has 1 aromatic rings. The summed E-state index contributed by atoms with van der Waals surface area (Å²) in [7, 11) is 0. The van der Waals surface area contributed by atoms with E-state index in [1.165, 1.54) is 6.92 Å². The molecule has 0 bridgehead atoms. The highest BCUT2D eigenvalue weighted by molar-refractivity contribution is 6.32. The van der Waals surface area contributed by atoms with Gasteiger partial charge in [0.25, 0.3) is 0 Å². The summed E-state index contributed by atoms with van der Waals surface area (Å²) in [4.78, 5) is 16.6. The zero-order valence-electron chi connectivity index (χ0n) is 14.3. The van der Waals surface area contributed by atoms with Crippen LogP contribution in [0.2, 0.25) is 5.02 Å². The molecule has 1 aromatic heterocycles. The van der Waals surface area contributed by atoms with Gasteiger partial charge in [-0.05, 0) is 20.3 Å². The molecule has 1 aliphatic rings. The van der Waals surface area contributed by atoms with Crippen LogP contribution in [0, 0.1) is 6.92 Å². The highest BCUT2D eigenvalue weighted by atomic mass is 35.5. The molecule has 5 nitrogen and oxygen atoms in total. The summed E-state index contributed by atoms with van der Waals surface area (Å²) in [6, 6.07) is -0.848. The van der Waals surface area contributed by atoms with E-state index in [1.807, 2.05) is 6.08 Å². The number of alkyl halides is 3. The first-order chi connectivity index (χ1) is 11.7. The normalized spacial score (nSPS) is 18.1. The maximum Gasteiger partial charge on any atom is 0.436 e. The maximum atomic E-state index is 13.0. The van der Waals surface area contributed by atoms with Gasteiger partial charge in [0.2, 0.25) is 5.91 Å². The lowest BCUT2D eigenvalue weighted by Crippen LogP contribution is -2.39. The molecular formula is C16H22ClF3N4O. The highest BCUT2D eigenvalue weighted by Crippen LogP contribution is 2.36. The van der Waals surface area contributed by atoms with Crippen molar-refractivity contribution in [1.82, 2.24) is 19.6 Å². The first-order valence-electron chi connectivity index (χ1n) is 8.10. The average molecular weight is 379 g/mol. The Kier molecular flexibility index (Phi) is 6.16. The van der Waals surface area contributed by atoms with Crippen LogP contribution in [0.3, 0.4) is 0 Å². The van der Waals surface area contributed by atoms with Crippen LogP contribution >= 0.6 is 11.6 Å². The molecule has 0 spiro atoms. The number of carbonyl (C=O) groups is 1. The Labute approximate surface area is 150 Å². The summed E-state index contributed by atoms with van der Waals surface area (Å²) in [6.07, 6.45) is -2.03. The van der Waals surface area contributed by atoms with Crippen molar-refractivity contribution in [1.29, 1.82) is 0 Å². The van der Waals surface area contributed by atoms with Crippen molar-refractivity contribution in [2.75, 3.05) is 32.7 Å². The molecule has 25 heavy (non-hydrogen) atoms. The molecule has 0 saturated carbocycles. The molecule has 1 fully saturated rings. The van der Waals surface area contributed by atoms with Crippen LogP contribution < -0.4 is 0 Å². The lowest BCUT2D eigenvalue weighted by molar-refractivity contribution is -0.142. The van der Waals surface area contributed by atoms with E-state index in [-0.39, 0.29) is 11.6 Å². The van der Waals surface area contributed by atoms with E-state index in [0.717, 1.165) is 24.2 Å². The first kappa shape index (κ1) is 19.8. The van der Waals surface area contributed by atoms with Gasteiger partial charge in [0.1, 0.15) is 6.04 Å². The van der Waals surface area contributed by atoms with Crippen LogP contribution in [-0.4, -0.2) is 58.2 Å². The Morgan fingerprint density at radius 2 is 2.04 bits per heavy atom. The van der Waals surface area contributed by atoms with Gasteiger partial charge in [0.05, 0.1) is 10.7 Å². The minimum Gasteiger partial charge on any atom is -0.340 e. The molecule has 0 aliphatic carbocycles. The van der Waals surface area contributed by atoms with Crippen molar-refractivity contribution in [3.8, 4) is 0 Å². The minimum absolute atomic E-state index is 0.137. The second kappa shape index (κ2) is 7.78. The van der Waals surface area contributed by atoms with Crippen molar-refractivity contribution < 1.29 is 18.0 Å². The summed E-state index contributed by atoms with van der Waals surface area (Å²) < 4.78 is 40.0. The van der Waals surface area contributed by atoms with Crippen molar-refractivity contribution in [3.63, 3.8) is 0 Å². The molecule has 9 heteroatoms. The average Bonchev–Trinajstić information content (AvgIpc) is 2.73. The Balaban J connectivity index is 2.16. The SMILES string of the molecule is C=CCN1CCCN(C(=O)C(C)n2nc(C(F)(F)F)c(Cl)c2C)CC1. The van der Waals surface area contributed by atoms with Crippen LogP contribution in [0.1, 0.15) is 30.8 Å². The van der Waals surface area contributed by atoms with E-state index in [0.29, 0.717) is 19.6 Å². The molecule has 0 aromatic carbocycles. The number of aromatic nitrogens is 2. The first-order valence-corrected chi connectivity index (χ1v) is 8.48. The van der Waals surface area contributed by atoms with Gasteiger partial charge >= 0.3 is 6.18 Å². The topological polar surface area (TPSA) is 41.4 Å². The molecule has 2 rings (SSSR count). The molecular weight excluding hydrogens is 357 g/mol. The monoisotopic (exact) mass is 378 g/mol. The number of amides is 1. The lowest BCUT2D eigenvalue weighted by atomic mass is 10.2. The van der Waals surface area contributed by atoms with Crippen LogP contribution in [0.25, 0.3) is 0 Å². The number of hydrogen-bond acceptors (Lipinski definition) is 3. The Bertz CT molecular complexity index is 644. The number of halogens is 4. The fraction of sp³-hybridized carbons (Fsp3) is 0.625. The lowest BCUT2D eigenvalue weighted by Gasteiger charge is -2.25. The Hall–Kier alpha value is -1.54. The molecule has 140 valence electrons. The van der Waals surface area contributed by atoms with E-state index in [4.69, 9.17) is 11.6 Å². The van der Waals surface area contributed by atoms with Crippen LogP contribution in [0.4, 0.5) is 13.2 Å². The van der Waals surface area contributed by atoms with E-state index in [9.17, 15) is 18.0 Å². The van der Waals surface area contributed by atoms with Gasteiger partial charge in [0, 0.05) is 32.7 Å². The zero-order valence-corrected chi connectivity index (χ0v) is 15.1. The fourth-order valence-corrected chi connectivity index (χ4v) is 3.21. The number of rotatable bonds is 4. The molecule has 1 amide bonds. The summed E-state index contributed by atoms with van der Waals surface area (Å²) in [6.45, 7) is 10.1. The summed E-state index contributed by atoms with van der Waals surface area (Å²) in [5.41, 5.74) is -1.02. The van der Waals surface area contributed by atoms with Gasteiger partial charge in [-0.25, -0.2) is 0 Å². The molecule has 1 unspecified atom stereocenters. The summed E-state index contributed by atoms with van der Waals surface area (Å²) >= 11 is 5.77. The van der Waals surface area contributed by atoms with E-state index < -0.39 is 22.9 Å². The summed E-state index contributed by atoms with van der Waals surface area (Å²) in [5, 5.41) is 3.09. The van der Waals surface area contributed by atoms with Crippen LogP contribution in [-0.2, 0) is 11.0 Å². The van der Waals surface area contributed by atoms with Gasteiger partial charge < -0.3 is 4.90 Å². The third-order valence-electron chi connectivity index (χ3n) is 4.36. The molecule has 1 aliphatic heterocycles. The number of carbonyl (C=O) groups excluding carboxylic acids is 1. The molecule has 1 saturated heterocycles. The second-order valence-corrected chi connectivity index (χ2v) is 6.51. The second-order valence-electron chi connectivity index (χ2n) is 6.13. The Morgan fingerprint density at radius 3 is 2.60 bits per heavy atom. The predicted molar refractivity (Wildman–Crippen MR) is 89.5 cm³/mol. The van der Waals surface area contributed by atoms with Gasteiger partial charge in [-0.3, -0.25) is 14.4 Å². The maximum absolute atomic E-state index is 13.0. The quantitative estimate of drug-likeness (QED) is 0.756. The van der Waals surface area contributed by atoms with Gasteiger partial charge in [-0.1, -0.05) is 17.7 Å². The summed E-state index contributed by atoms with van der Waals surface area (Å²) in [5.74, 6) is -0.253. The van der Waals surface area contributed by atoms with Crippen molar-refractivity contribution in [2.24, 2.45) is 0 Å². The van der Waals surface area contributed by atoms with E-state index in [1.54, 1.807) is 11.8 Å². The standard InChI is InChI=1S/C16H22ClF3N4O/c1-4-6-22-7-5-8-23(10-9-22)15(25)12(3)24-11(2)13(17)14(21-24)16(18,19)20/h4,12H,1,5-10H2,2-3H3. The van der Waals surface area contributed by atoms with E-state index in [2.05, 4.69) is 16.6 Å². The fourth-order valence-electron chi connectivity index (χ4n) is 2.98. The van der Waals surface area contributed by atoms with Gasteiger partial charge in [-0.2, -0.15) is 18.3 Å². The molecule has 0 N–H and O–H groups in total. The van der Waals surface area contributed by atoms with Crippen LogP contribution in [0.5, 0.6) is 0 Å². The van der Waals surface area contributed by atoms with Gasteiger partial charge in [0.15, 0.2) is 5.69 Å². The minimum atomic E-state index is -4.65. The molecule has 2 heterocycles. The largest absolute Gasteiger partial charge is 0.436 e. The number of nitrogens with zero attached hydrogens (tertiary/aromatic N) is 4. The Morgan fingerprint density at radius 1 is 1.36 bits per heavy atom. The third kappa shape index (κ3) is 4.36. The predicted octanol–water partition coefficient (Wildman–Crippen LogP) is 3.15. The van der Waals surface area contributed by atoms with Crippen molar-refractivity contribution in [3.05, 3.63) is 29.1 Å². The number of hydrogen-bond donors (Lipinski definition) is 0. The van der Waals surface area contributed by atoms with Crippen molar-refractivity contribution in [2.45, 2.75) is 32.5 Å². The zero-order chi connectivity index (χ0) is 18.8. The van der Waals surface area contributed by atoms with Gasteiger partial charge in [-0.15, -0.1) is 6.58 Å². The molecule has 0 radical (unpaired) electrons. The third-order valence-corrected chi connectivity index (χ3v) is 4.81. The molecule has 1 atom stereocenters. The van der Waals surface area contributed by atoms with Crippen LogP contribution in [0.15, 0.2) is 12.7 Å².